The lowest BCUT2D eigenvalue weighted by molar-refractivity contribution is 0.559. The quantitative estimate of drug-likeness (QED) is 0.611. The molecule has 27 heavy (non-hydrogen) atoms. The van der Waals surface area contributed by atoms with Gasteiger partial charge in [0.25, 0.3) is 0 Å². The fourth-order valence-electron chi connectivity index (χ4n) is 2.72. The first kappa shape index (κ1) is 19.4. The van der Waals surface area contributed by atoms with Crippen LogP contribution in [0.5, 0.6) is 0 Å². The molecule has 0 N–H and O–H groups in total. The summed E-state index contributed by atoms with van der Waals surface area (Å²) in [7, 11) is -3.15. The molecule has 0 fully saturated rings. The topological polar surface area (TPSA) is 60.2 Å². The van der Waals surface area contributed by atoms with Gasteiger partial charge in [-0.1, -0.05) is 48.5 Å². The molecule has 0 amide bonds. The molecule has 0 radical (unpaired) electrons. The van der Waals surface area contributed by atoms with Gasteiger partial charge >= 0.3 is 0 Å². The van der Waals surface area contributed by atoms with Crippen molar-refractivity contribution in [1.82, 2.24) is 4.98 Å². The number of benzene rings is 2. The minimum atomic E-state index is -3.15. The van der Waals surface area contributed by atoms with Gasteiger partial charge in [0.15, 0.2) is 22.0 Å². The molecule has 3 aromatic rings. The average Bonchev–Trinajstić information content (AvgIpc) is 3.15. The van der Waals surface area contributed by atoms with Crippen molar-refractivity contribution in [2.75, 3.05) is 0 Å². The Labute approximate surface area is 161 Å². The summed E-state index contributed by atoms with van der Waals surface area (Å²) >= 11 is 0. The predicted molar refractivity (Wildman–Crippen MR) is 108 cm³/mol. The van der Waals surface area contributed by atoms with E-state index in [1.54, 1.807) is 27.0 Å². The number of rotatable bonds is 6. The molecule has 0 unspecified atom stereocenters. The zero-order valence-corrected chi connectivity index (χ0v) is 16.8. The maximum Gasteiger partial charge on any atom is 0.181 e. The Hall–Kier alpha value is -2.40. The van der Waals surface area contributed by atoms with Crippen LogP contribution in [0.4, 0.5) is 0 Å². The van der Waals surface area contributed by atoms with Crippen LogP contribution >= 0.6 is 0 Å². The van der Waals surface area contributed by atoms with E-state index in [1.165, 1.54) is 17.5 Å². The van der Waals surface area contributed by atoms with Crippen molar-refractivity contribution in [1.29, 1.82) is 0 Å². The van der Waals surface area contributed by atoms with Gasteiger partial charge in [0.1, 0.15) is 0 Å². The smallest absolute Gasteiger partial charge is 0.181 e. The molecule has 4 nitrogen and oxygen atoms in total. The highest BCUT2D eigenvalue weighted by Crippen LogP contribution is 2.22. The standard InChI is InChI=1S/C22H25NO3S/c1-22(2,3)27(24,25)15-19-8-6-17(7-9-19)4-5-18-10-12-20(13-11-18)21-14-23-16-26-21/h6-14,16H,4-5,15H2,1-3H3. The lowest BCUT2D eigenvalue weighted by atomic mass is 10.0. The zero-order chi connectivity index (χ0) is 19.5. The highest BCUT2D eigenvalue weighted by atomic mass is 32.2. The molecule has 0 aliphatic rings. The number of hydrogen-bond donors (Lipinski definition) is 0. The molecule has 0 atom stereocenters. The van der Waals surface area contributed by atoms with Crippen LogP contribution in [0.1, 0.15) is 37.5 Å². The Morgan fingerprint density at radius 1 is 0.852 bits per heavy atom. The van der Waals surface area contributed by atoms with Gasteiger partial charge in [0.2, 0.25) is 0 Å². The highest BCUT2D eigenvalue weighted by Gasteiger charge is 2.28. The molecule has 5 heteroatoms. The molecule has 1 heterocycles. The van der Waals surface area contributed by atoms with Gasteiger partial charge in [-0.25, -0.2) is 13.4 Å². The molecule has 142 valence electrons. The number of aryl methyl sites for hydroxylation is 2. The van der Waals surface area contributed by atoms with Gasteiger partial charge in [-0.2, -0.15) is 0 Å². The van der Waals surface area contributed by atoms with E-state index in [2.05, 4.69) is 17.1 Å². The molecule has 0 saturated heterocycles. The van der Waals surface area contributed by atoms with E-state index in [0.717, 1.165) is 29.7 Å². The van der Waals surface area contributed by atoms with Gasteiger partial charge in [-0.15, -0.1) is 0 Å². The highest BCUT2D eigenvalue weighted by molar-refractivity contribution is 7.91. The van der Waals surface area contributed by atoms with Gasteiger partial charge in [0, 0.05) is 5.56 Å². The van der Waals surface area contributed by atoms with Crippen LogP contribution in [-0.4, -0.2) is 18.1 Å². The van der Waals surface area contributed by atoms with Gasteiger partial charge in [-0.05, 0) is 50.3 Å². The van der Waals surface area contributed by atoms with Gasteiger partial charge in [-0.3, -0.25) is 0 Å². The van der Waals surface area contributed by atoms with E-state index >= 15 is 0 Å². The fraction of sp³-hybridized carbons (Fsp3) is 0.318. The Balaban J connectivity index is 1.59. The summed E-state index contributed by atoms with van der Waals surface area (Å²) in [5, 5.41) is 0. The Morgan fingerprint density at radius 3 is 1.85 bits per heavy atom. The van der Waals surface area contributed by atoms with Crippen LogP contribution in [0.3, 0.4) is 0 Å². The molecular formula is C22H25NO3S. The maximum absolute atomic E-state index is 12.3. The lowest BCUT2D eigenvalue weighted by Gasteiger charge is -2.19. The maximum atomic E-state index is 12.3. The molecule has 0 saturated carbocycles. The molecule has 0 aliphatic heterocycles. The van der Waals surface area contributed by atoms with Crippen LogP contribution in [-0.2, 0) is 28.4 Å². The summed E-state index contributed by atoms with van der Waals surface area (Å²) in [5.74, 6) is 0.849. The minimum absolute atomic E-state index is 0.0832. The minimum Gasteiger partial charge on any atom is -0.444 e. The molecule has 0 spiro atoms. The average molecular weight is 384 g/mol. The number of hydrogen-bond acceptors (Lipinski definition) is 4. The monoisotopic (exact) mass is 383 g/mol. The van der Waals surface area contributed by atoms with E-state index in [4.69, 9.17) is 4.42 Å². The van der Waals surface area contributed by atoms with Crippen LogP contribution < -0.4 is 0 Å². The van der Waals surface area contributed by atoms with Crippen molar-refractivity contribution < 1.29 is 12.8 Å². The van der Waals surface area contributed by atoms with Crippen molar-refractivity contribution >= 4 is 9.84 Å². The third-order valence-electron chi connectivity index (χ3n) is 4.69. The molecule has 2 aromatic carbocycles. The number of aromatic nitrogens is 1. The predicted octanol–water partition coefficient (Wildman–Crippen LogP) is 4.84. The first-order chi connectivity index (χ1) is 12.7. The number of oxazole rings is 1. The molecule has 0 aliphatic carbocycles. The summed E-state index contributed by atoms with van der Waals surface area (Å²) in [6, 6.07) is 16.2. The van der Waals surface area contributed by atoms with Crippen molar-refractivity contribution in [2.24, 2.45) is 0 Å². The molecule has 3 rings (SSSR count). The number of sulfone groups is 1. The third-order valence-corrected chi connectivity index (χ3v) is 7.27. The Bertz CT molecular complexity index is 966. The first-order valence-electron chi connectivity index (χ1n) is 9.02. The summed E-state index contributed by atoms with van der Waals surface area (Å²) in [4.78, 5) is 3.94. The van der Waals surface area contributed by atoms with Crippen molar-refractivity contribution in [3.8, 4) is 11.3 Å². The first-order valence-corrected chi connectivity index (χ1v) is 10.7. The second kappa shape index (κ2) is 7.69. The summed E-state index contributed by atoms with van der Waals surface area (Å²) in [5.41, 5.74) is 4.30. The van der Waals surface area contributed by atoms with E-state index in [9.17, 15) is 8.42 Å². The van der Waals surface area contributed by atoms with Crippen LogP contribution in [0.25, 0.3) is 11.3 Å². The van der Waals surface area contributed by atoms with E-state index in [-0.39, 0.29) is 5.75 Å². The third kappa shape index (κ3) is 4.86. The zero-order valence-electron chi connectivity index (χ0n) is 16.0. The van der Waals surface area contributed by atoms with Gasteiger partial charge in [0.05, 0.1) is 16.7 Å². The fourth-order valence-corrected chi connectivity index (χ4v) is 3.79. The van der Waals surface area contributed by atoms with Crippen molar-refractivity contribution in [3.05, 3.63) is 77.8 Å². The lowest BCUT2D eigenvalue weighted by Crippen LogP contribution is -2.29. The second-order valence-corrected chi connectivity index (χ2v) is 10.5. The number of nitrogens with zero attached hydrogens (tertiary/aromatic N) is 1. The largest absolute Gasteiger partial charge is 0.444 e. The van der Waals surface area contributed by atoms with Crippen LogP contribution in [0.15, 0.2) is 65.5 Å². The van der Waals surface area contributed by atoms with Crippen LogP contribution in [0, 0.1) is 0 Å². The van der Waals surface area contributed by atoms with E-state index in [0.29, 0.717) is 0 Å². The molecule has 1 aromatic heterocycles. The van der Waals surface area contributed by atoms with Gasteiger partial charge < -0.3 is 4.42 Å². The normalized spacial score (nSPS) is 12.3. The second-order valence-electron chi connectivity index (χ2n) is 7.75. The summed E-state index contributed by atoms with van der Waals surface area (Å²) in [6.45, 7) is 5.22. The molecular weight excluding hydrogens is 358 g/mol. The van der Waals surface area contributed by atoms with Crippen LogP contribution in [0.2, 0.25) is 0 Å². The Morgan fingerprint density at radius 2 is 1.37 bits per heavy atom. The summed E-state index contributed by atoms with van der Waals surface area (Å²) < 4.78 is 29.2. The Kier molecular flexibility index (Phi) is 5.51. The van der Waals surface area contributed by atoms with E-state index < -0.39 is 14.6 Å². The van der Waals surface area contributed by atoms with Crippen molar-refractivity contribution in [3.63, 3.8) is 0 Å². The SMILES string of the molecule is CC(C)(C)S(=O)(=O)Cc1ccc(CCc2ccc(-c3cnco3)cc2)cc1. The summed E-state index contributed by atoms with van der Waals surface area (Å²) in [6.07, 6.45) is 4.97. The van der Waals surface area contributed by atoms with Crippen molar-refractivity contribution in [2.45, 2.75) is 44.1 Å². The molecule has 0 bridgehead atoms. The van der Waals surface area contributed by atoms with E-state index in [1.807, 2.05) is 36.4 Å².